The van der Waals surface area contributed by atoms with Crippen LogP contribution in [0.5, 0.6) is 0 Å². The molecular weight excluding hydrogens is 284 g/mol. The number of rotatable bonds is 3. The lowest BCUT2D eigenvalue weighted by atomic mass is 9.85. The van der Waals surface area contributed by atoms with E-state index < -0.39 is 0 Å². The average molecular weight is 310 g/mol. The van der Waals surface area contributed by atoms with E-state index in [1.807, 2.05) is 30.3 Å². The van der Waals surface area contributed by atoms with Crippen LogP contribution in [0.25, 0.3) is 0 Å². The molecule has 0 fully saturated rings. The van der Waals surface area contributed by atoms with Gasteiger partial charge in [0.25, 0.3) is 0 Å². The molecule has 1 aromatic heterocycles. The van der Waals surface area contributed by atoms with Gasteiger partial charge in [-0.05, 0) is 12.0 Å². The molecule has 1 aromatic carbocycles. The summed E-state index contributed by atoms with van der Waals surface area (Å²) in [5, 5.41) is 4.21. The van der Waals surface area contributed by atoms with E-state index in [-0.39, 0.29) is 10.8 Å². The van der Waals surface area contributed by atoms with Crippen molar-refractivity contribution >= 4 is 0 Å². The molecule has 0 radical (unpaired) electrons. The molecule has 0 amide bonds. The van der Waals surface area contributed by atoms with Crippen molar-refractivity contribution in [1.82, 2.24) is 10.1 Å². The Hall–Kier alpha value is -2.16. The third-order valence-electron chi connectivity index (χ3n) is 3.61. The Morgan fingerprint density at radius 2 is 1.35 bits per heavy atom. The molecule has 0 aliphatic carbocycles. The van der Waals surface area contributed by atoms with E-state index in [9.17, 15) is 0 Å². The molecule has 2 aromatic rings. The second-order valence-electron chi connectivity index (χ2n) is 7.49. The molecule has 23 heavy (non-hydrogen) atoms. The Balaban J connectivity index is 2.29. The van der Waals surface area contributed by atoms with Crippen LogP contribution < -0.4 is 0 Å². The molecule has 0 atom stereocenters. The van der Waals surface area contributed by atoms with Crippen LogP contribution in [-0.2, 0) is 17.3 Å². The van der Waals surface area contributed by atoms with E-state index in [2.05, 4.69) is 69.0 Å². The van der Waals surface area contributed by atoms with Crippen LogP contribution in [0, 0.1) is 0 Å². The van der Waals surface area contributed by atoms with E-state index in [1.165, 1.54) is 5.56 Å². The van der Waals surface area contributed by atoms with Gasteiger partial charge in [0.2, 0.25) is 5.89 Å². The van der Waals surface area contributed by atoms with Crippen LogP contribution >= 0.6 is 0 Å². The summed E-state index contributed by atoms with van der Waals surface area (Å²) >= 11 is 0. The lowest BCUT2D eigenvalue weighted by Crippen LogP contribution is -2.23. The van der Waals surface area contributed by atoms with Crippen molar-refractivity contribution < 1.29 is 4.52 Å². The number of hydrogen-bond donors (Lipinski definition) is 0. The first kappa shape index (κ1) is 17.2. The molecule has 0 saturated heterocycles. The molecule has 0 N–H and O–H groups in total. The van der Waals surface area contributed by atoms with E-state index in [1.54, 1.807) is 0 Å². The Kier molecular flexibility index (Phi) is 5.19. The molecule has 0 spiro atoms. The van der Waals surface area contributed by atoms with E-state index >= 15 is 0 Å². The highest BCUT2D eigenvalue weighted by atomic mass is 16.5. The first-order valence-corrected chi connectivity index (χ1v) is 8.01. The fourth-order valence-corrected chi connectivity index (χ4v) is 2.24. The van der Waals surface area contributed by atoms with Crippen LogP contribution in [0.3, 0.4) is 0 Å². The lowest BCUT2D eigenvalue weighted by molar-refractivity contribution is 0.313. The second kappa shape index (κ2) is 6.95. The van der Waals surface area contributed by atoms with E-state index in [0.29, 0.717) is 5.89 Å². The summed E-state index contributed by atoms with van der Waals surface area (Å²) in [5.41, 5.74) is 0.908. The zero-order valence-corrected chi connectivity index (χ0v) is 14.7. The standard InChI is InChI=1S/C20H26N2O/c1-19(2,3)18-21-17(22-23-18)20(4,5)15-16-13-11-9-7-6-8-10-12-14-16/h6-14H,15H2,1-5H3. The molecule has 0 saturated carbocycles. The van der Waals surface area contributed by atoms with Crippen LogP contribution in [0.1, 0.15) is 51.9 Å². The minimum Gasteiger partial charge on any atom is -0.339 e. The fourth-order valence-electron chi connectivity index (χ4n) is 2.24. The minimum absolute atomic E-state index is 0.128. The van der Waals surface area contributed by atoms with Crippen LogP contribution in [0.2, 0.25) is 0 Å². The van der Waals surface area contributed by atoms with Crippen LogP contribution in [0.15, 0.2) is 59.1 Å². The summed E-state index contributed by atoms with van der Waals surface area (Å²) in [6.07, 6.45) is 0.842. The fraction of sp³-hybridized carbons (Fsp3) is 0.400. The SMILES string of the molecule is CC(C)(C)c1nc(C(C)(C)Cc2ccccccccc2)no1. The maximum Gasteiger partial charge on any atom is 0.232 e. The van der Waals surface area contributed by atoms with Crippen molar-refractivity contribution in [2.75, 3.05) is 0 Å². The highest BCUT2D eigenvalue weighted by Crippen LogP contribution is 2.28. The topological polar surface area (TPSA) is 38.9 Å². The van der Waals surface area contributed by atoms with Gasteiger partial charge in [0.15, 0.2) is 5.82 Å². The highest BCUT2D eigenvalue weighted by Gasteiger charge is 2.30. The number of hydrogen-bond acceptors (Lipinski definition) is 3. The predicted octanol–water partition coefficient (Wildman–Crippen LogP) is 5.01. The molecule has 3 nitrogen and oxygen atoms in total. The molecule has 0 aliphatic heterocycles. The summed E-state index contributed by atoms with van der Waals surface area (Å²) in [6, 6.07) is 18.5. The van der Waals surface area contributed by atoms with Gasteiger partial charge in [-0.3, -0.25) is 0 Å². The molecule has 0 aliphatic rings. The van der Waals surface area contributed by atoms with Crippen molar-refractivity contribution in [1.29, 1.82) is 0 Å². The Morgan fingerprint density at radius 1 is 0.826 bits per heavy atom. The Bertz CT molecular complexity index is 670. The van der Waals surface area contributed by atoms with Gasteiger partial charge < -0.3 is 4.52 Å². The average Bonchev–Trinajstić information content (AvgIpc) is 2.96. The maximum atomic E-state index is 5.45. The van der Waals surface area contributed by atoms with Gasteiger partial charge >= 0.3 is 0 Å². The van der Waals surface area contributed by atoms with Gasteiger partial charge in [-0.25, -0.2) is 0 Å². The third kappa shape index (κ3) is 4.92. The Morgan fingerprint density at radius 3 is 1.83 bits per heavy atom. The van der Waals surface area contributed by atoms with Crippen molar-refractivity contribution in [2.24, 2.45) is 0 Å². The third-order valence-corrected chi connectivity index (χ3v) is 3.61. The summed E-state index contributed by atoms with van der Waals surface area (Å²) in [7, 11) is 0. The van der Waals surface area contributed by atoms with Crippen LogP contribution in [-0.4, -0.2) is 10.1 Å². The summed E-state index contributed by atoms with van der Waals surface area (Å²) in [5.74, 6) is 1.44. The summed E-state index contributed by atoms with van der Waals surface area (Å²) in [6.45, 7) is 10.5. The van der Waals surface area contributed by atoms with E-state index in [4.69, 9.17) is 4.52 Å². The number of aromatic nitrogens is 2. The largest absolute Gasteiger partial charge is 0.339 e. The van der Waals surface area contributed by atoms with Gasteiger partial charge in [-0.2, -0.15) is 4.98 Å². The molecule has 0 unspecified atom stereocenters. The zero-order valence-electron chi connectivity index (χ0n) is 14.7. The van der Waals surface area contributed by atoms with Crippen molar-refractivity contribution in [3.8, 4) is 0 Å². The van der Waals surface area contributed by atoms with Gasteiger partial charge in [0.05, 0.1) is 0 Å². The molecule has 1 heterocycles. The quantitative estimate of drug-likeness (QED) is 0.799. The van der Waals surface area contributed by atoms with Gasteiger partial charge in [0, 0.05) is 10.8 Å². The second-order valence-corrected chi connectivity index (χ2v) is 7.49. The van der Waals surface area contributed by atoms with E-state index in [0.717, 1.165) is 12.2 Å². The molecule has 0 bridgehead atoms. The molecular formula is C20H26N2O. The summed E-state index contributed by atoms with van der Waals surface area (Å²) in [4.78, 5) is 4.62. The zero-order chi connectivity index (χ0) is 16.9. The predicted molar refractivity (Wildman–Crippen MR) is 93.8 cm³/mol. The Labute approximate surface area is 139 Å². The number of nitrogens with zero attached hydrogens (tertiary/aromatic N) is 2. The van der Waals surface area contributed by atoms with Crippen molar-refractivity contribution in [3.63, 3.8) is 0 Å². The molecule has 122 valence electrons. The normalized spacial score (nSPS) is 11.9. The van der Waals surface area contributed by atoms with Crippen LogP contribution in [0.4, 0.5) is 0 Å². The molecule has 3 heteroatoms. The minimum atomic E-state index is -0.194. The lowest BCUT2D eigenvalue weighted by Gasteiger charge is -2.20. The maximum absolute atomic E-state index is 5.45. The molecule has 2 rings (SSSR count). The highest BCUT2D eigenvalue weighted by molar-refractivity contribution is 5.18. The first-order valence-electron chi connectivity index (χ1n) is 8.01. The summed E-state index contributed by atoms with van der Waals surface area (Å²) < 4.78 is 5.45. The van der Waals surface area contributed by atoms with Crippen molar-refractivity contribution in [2.45, 2.75) is 51.9 Å². The van der Waals surface area contributed by atoms with Gasteiger partial charge in [0.1, 0.15) is 0 Å². The van der Waals surface area contributed by atoms with Crippen molar-refractivity contribution in [3.05, 3.63) is 71.9 Å². The smallest absolute Gasteiger partial charge is 0.232 e. The van der Waals surface area contributed by atoms with Gasteiger partial charge in [-0.1, -0.05) is 94.4 Å². The first-order chi connectivity index (χ1) is 10.8. The monoisotopic (exact) mass is 310 g/mol. The van der Waals surface area contributed by atoms with Gasteiger partial charge in [-0.15, -0.1) is 0 Å².